The predicted molar refractivity (Wildman–Crippen MR) is 70.2 cm³/mol. The van der Waals surface area contributed by atoms with Crippen LogP contribution in [0.4, 0.5) is 17.1 Å². The van der Waals surface area contributed by atoms with E-state index in [2.05, 4.69) is 6.07 Å². The molecule has 1 aliphatic rings. The van der Waals surface area contributed by atoms with E-state index in [1.165, 1.54) is 5.56 Å². The minimum Gasteiger partial charge on any atom is -0.335 e. The van der Waals surface area contributed by atoms with Gasteiger partial charge in [-0.1, -0.05) is 30.3 Å². The third-order valence-electron chi connectivity index (χ3n) is 3.26. The number of hydrogen-bond acceptors (Lipinski definition) is 3. The Kier molecular flexibility index (Phi) is 2.48. The molecule has 0 radical (unpaired) electrons. The summed E-state index contributed by atoms with van der Waals surface area (Å²) in [6, 6.07) is 14.9. The number of anilines is 2. The molecule has 0 N–H and O–H groups in total. The Labute approximate surface area is 105 Å². The van der Waals surface area contributed by atoms with Crippen molar-refractivity contribution in [3.63, 3.8) is 0 Å². The standard InChI is InChI=1S/C14H12N2O2/c17-16(18)14-8-4-3-7-13(14)15-10-9-11-5-1-2-6-12(11)15/h1-8H,9-10H2. The van der Waals surface area contributed by atoms with Gasteiger partial charge >= 0.3 is 0 Å². The number of nitrogens with zero attached hydrogens (tertiary/aromatic N) is 2. The number of nitro benzene ring substituents is 1. The molecular weight excluding hydrogens is 228 g/mol. The van der Waals surface area contributed by atoms with Crippen LogP contribution in [0.15, 0.2) is 48.5 Å². The van der Waals surface area contributed by atoms with Crippen LogP contribution in [0, 0.1) is 10.1 Å². The zero-order chi connectivity index (χ0) is 12.5. The highest BCUT2D eigenvalue weighted by atomic mass is 16.6. The fraction of sp³-hybridized carbons (Fsp3) is 0.143. The average molecular weight is 240 g/mol. The van der Waals surface area contributed by atoms with Gasteiger partial charge in [-0.05, 0) is 24.1 Å². The molecule has 0 spiro atoms. The first kappa shape index (κ1) is 10.8. The molecule has 0 aliphatic carbocycles. The van der Waals surface area contributed by atoms with Crippen molar-refractivity contribution in [1.29, 1.82) is 0 Å². The summed E-state index contributed by atoms with van der Waals surface area (Å²) < 4.78 is 0. The molecule has 1 aliphatic heterocycles. The van der Waals surface area contributed by atoms with E-state index in [1.54, 1.807) is 18.2 Å². The van der Waals surface area contributed by atoms with Crippen molar-refractivity contribution >= 4 is 17.1 Å². The van der Waals surface area contributed by atoms with Crippen molar-refractivity contribution in [2.24, 2.45) is 0 Å². The second-order valence-electron chi connectivity index (χ2n) is 4.28. The number of hydrogen-bond donors (Lipinski definition) is 0. The van der Waals surface area contributed by atoms with E-state index < -0.39 is 0 Å². The van der Waals surface area contributed by atoms with Crippen LogP contribution in [0.3, 0.4) is 0 Å². The minimum atomic E-state index is -0.323. The molecule has 0 bridgehead atoms. The molecule has 18 heavy (non-hydrogen) atoms. The molecule has 3 rings (SSSR count). The summed E-state index contributed by atoms with van der Waals surface area (Å²) in [5, 5.41) is 11.1. The zero-order valence-corrected chi connectivity index (χ0v) is 9.74. The second-order valence-corrected chi connectivity index (χ2v) is 4.28. The van der Waals surface area contributed by atoms with Gasteiger partial charge in [0.1, 0.15) is 5.69 Å². The molecule has 0 saturated heterocycles. The van der Waals surface area contributed by atoms with Gasteiger partial charge in [-0.3, -0.25) is 10.1 Å². The SMILES string of the molecule is O=[N+]([O-])c1ccccc1N1CCc2ccccc21. The van der Waals surface area contributed by atoms with E-state index in [1.807, 2.05) is 29.2 Å². The smallest absolute Gasteiger partial charge is 0.292 e. The number of fused-ring (bicyclic) bond motifs is 1. The lowest BCUT2D eigenvalue weighted by molar-refractivity contribution is -0.384. The first-order chi connectivity index (χ1) is 8.77. The maximum absolute atomic E-state index is 11.1. The van der Waals surface area contributed by atoms with Crippen LogP contribution in [0.2, 0.25) is 0 Å². The van der Waals surface area contributed by atoms with Gasteiger partial charge in [-0.15, -0.1) is 0 Å². The average Bonchev–Trinajstić information content (AvgIpc) is 2.82. The number of rotatable bonds is 2. The Morgan fingerprint density at radius 3 is 2.44 bits per heavy atom. The highest BCUT2D eigenvalue weighted by Gasteiger charge is 2.25. The van der Waals surface area contributed by atoms with Gasteiger partial charge < -0.3 is 4.90 Å². The predicted octanol–water partition coefficient (Wildman–Crippen LogP) is 3.29. The Morgan fingerprint density at radius 2 is 1.67 bits per heavy atom. The molecule has 2 aromatic rings. The molecule has 0 saturated carbocycles. The number of benzene rings is 2. The van der Waals surface area contributed by atoms with Gasteiger partial charge in [0.25, 0.3) is 5.69 Å². The maximum Gasteiger partial charge on any atom is 0.292 e. The van der Waals surface area contributed by atoms with Crippen molar-refractivity contribution < 1.29 is 4.92 Å². The van der Waals surface area contributed by atoms with E-state index in [4.69, 9.17) is 0 Å². The second kappa shape index (κ2) is 4.14. The van der Waals surface area contributed by atoms with Crippen molar-refractivity contribution in [2.45, 2.75) is 6.42 Å². The van der Waals surface area contributed by atoms with Gasteiger partial charge in [-0.2, -0.15) is 0 Å². The van der Waals surface area contributed by atoms with Crippen molar-refractivity contribution in [3.05, 3.63) is 64.2 Å². The molecule has 0 amide bonds. The van der Waals surface area contributed by atoms with Gasteiger partial charge in [0.15, 0.2) is 0 Å². The van der Waals surface area contributed by atoms with Gasteiger partial charge in [0.2, 0.25) is 0 Å². The quantitative estimate of drug-likeness (QED) is 0.597. The lowest BCUT2D eigenvalue weighted by atomic mass is 10.2. The fourth-order valence-corrected chi connectivity index (χ4v) is 2.44. The summed E-state index contributed by atoms with van der Waals surface area (Å²) in [6.45, 7) is 0.796. The van der Waals surface area contributed by atoms with E-state index in [9.17, 15) is 10.1 Å². The van der Waals surface area contributed by atoms with Gasteiger partial charge in [0, 0.05) is 18.3 Å². The number of para-hydroxylation sites is 3. The summed E-state index contributed by atoms with van der Waals surface area (Å²) in [4.78, 5) is 12.8. The Morgan fingerprint density at radius 1 is 1.00 bits per heavy atom. The van der Waals surface area contributed by atoms with E-state index in [0.717, 1.165) is 18.7 Å². The highest BCUT2D eigenvalue weighted by Crippen LogP contribution is 2.38. The van der Waals surface area contributed by atoms with Crippen LogP contribution in [0.1, 0.15) is 5.56 Å². The summed E-state index contributed by atoms with van der Waals surface area (Å²) >= 11 is 0. The summed E-state index contributed by atoms with van der Waals surface area (Å²) in [6.07, 6.45) is 0.933. The van der Waals surface area contributed by atoms with Crippen LogP contribution in [0.5, 0.6) is 0 Å². The zero-order valence-electron chi connectivity index (χ0n) is 9.74. The molecule has 0 atom stereocenters. The Bertz CT molecular complexity index is 610. The Hall–Kier alpha value is -2.36. The van der Waals surface area contributed by atoms with Crippen LogP contribution in [-0.4, -0.2) is 11.5 Å². The van der Waals surface area contributed by atoms with Gasteiger partial charge in [0.05, 0.1) is 4.92 Å². The normalized spacial score (nSPS) is 13.4. The van der Waals surface area contributed by atoms with Gasteiger partial charge in [-0.25, -0.2) is 0 Å². The molecule has 0 aromatic heterocycles. The fourth-order valence-electron chi connectivity index (χ4n) is 2.44. The highest BCUT2D eigenvalue weighted by molar-refractivity contribution is 5.75. The third-order valence-corrected chi connectivity index (χ3v) is 3.26. The summed E-state index contributed by atoms with van der Waals surface area (Å²) in [5.41, 5.74) is 3.16. The third kappa shape index (κ3) is 1.62. The molecule has 1 heterocycles. The summed E-state index contributed by atoms with van der Waals surface area (Å²) in [7, 11) is 0. The van der Waals surface area contributed by atoms with E-state index >= 15 is 0 Å². The molecule has 0 unspecified atom stereocenters. The van der Waals surface area contributed by atoms with Crippen molar-refractivity contribution in [3.8, 4) is 0 Å². The van der Waals surface area contributed by atoms with Crippen LogP contribution in [0.25, 0.3) is 0 Å². The summed E-state index contributed by atoms with van der Waals surface area (Å²) in [5.74, 6) is 0. The maximum atomic E-state index is 11.1. The van der Waals surface area contributed by atoms with Crippen molar-refractivity contribution in [2.75, 3.05) is 11.4 Å². The lowest BCUT2D eigenvalue weighted by Gasteiger charge is -2.19. The first-order valence-corrected chi connectivity index (χ1v) is 5.86. The van der Waals surface area contributed by atoms with Crippen LogP contribution >= 0.6 is 0 Å². The lowest BCUT2D eigenvalue weighted by Crippen LogP contribution is -2.14. The Balaban J connectivity index is 2.10. The molecule has 2 aromatic carbocycles. The topological polar surface area (TPSA) is 46.4 Å². The van der Waals surface area contributed by atoms with E-state index in [-0.39, 0.29) is 10.6 Å². The van der Waals surface area contributed by atoms with E-state index in [0.29, 0.717) is 5.69 Å². The molecule has 90 valence electrons. The monoisotopic (exact) mass is 240 g/mol. The first-order valence-electron chi connectivity index (χ1n) is 5.86. The number of nitro groups is 1. The molecular formula is C14H12N2O2. The van der Waals surface area contributed by atoms with Crippen molar-refractivity contribution in [1.82, 2.24) is 0 Å². The molecule has 4 nitrogen and oxygen atoms in total. The minimum absolute atomic E-state index is 0.161. The largest absolute Gasteiger partial charge is 0.335 e. The molecule has 0 fully saturated rings. The van der Waals surface area contributed by atoms with Crippen LogP contribution in [-0.2, 0) is 6.42 Å². The van der Waals surface area contributed by atoms with Crippen LogP contribution < -0.4 is 4.90 Å². The molecule has 4 heteroatoms.